The van der Waals surface area contributed by atoms with E-state index in [2.05, 4.69) is 26.8 Å². The van der Waals surface area contributed by atoms with E-state index in [-0.39, 0.29) is 29.4 Å². The predicted octanol–water partition coefficient (Wildman–Crippen LogP) is 4.50. The summed E-state index contributed by atoms with van der Waals surface area (Å²) in [5, 5.41) is 22.7. The average Bonchev–Trinajstić information content (AvgIpc) is 3.14. The van der Waals surface area contributed by atoms with Crippen molar-refractivity contribution in [1.82, 2.24) is 0 Å². The summed E-state index contributed by atoms with van der Waals surface area (Å²) in [4.78, 5) is 26.4. The van der Waals surface area contributed by atoms with Gasteiger partial charge in [0.05, 0.1) is 24.2 Å². The molecule has 0 aromatic carbocycles. The lowest BCUT2D eigenvalue weighted by Crippen LogP contribution is -2.54. The lowest BCUT2D eigenvalue weighted by molar-refractivity contribution is -0.183. The largest absolute Gasteiger partial charge is 0.458 e. The molecule has 194 valence electrons. The van der Waals surface area contributed by atoms with Gasteiger partial charge in [-0.15, -0.1) is 0 Å². The molecule has 1 unspecified atom stereocenters. The van der Waals surface area contributed by atoms with E-state index in [9.17, 15) is 19.8 Å². The Morgan fingerprint density at radius 1 is 1.03 bits per heavy atom. The summed E-state index contributed by atoms with van der Waals surface area (Å²) in [6.45, 7) is 14.0. The molecule has 1 aliphatic carbocycles. The highest BCUT2D eigenvalue weighted by molar-refractivity contribution is 6.46. The fraction of sp³-hybridized carbons (Fsp3) is 0.724. The van der Waals surface area contributed by atoms with E-state index in [1.54, 1.807) is 13.0 Å². The topological polar surface area (TPSA) is 93.1 Å². The van der Waals surface area contributed by atoms with Gasteiger partial charge in [-0.05, 0) is 57.4 Å². The zero-order valence-electron chi connectivity index (χ0n) is 22.2. The number of hydrogen-bond acceptors (Lipinski definition) is 6. The van der Waals surface area contributed by atoms with Crippen molar-refractivity contribution in [3.63, 3.8) is 0 Å². The number of allylic oxidation sites excluding steroid dienone is 4. The maximum absolute atomic E-state index is 13.4. The van der Waals surface area contributed by atoms with Crippen LogP contribution >= 0.6 is 0 Å². The third-order valence-electron chi connectivity index (χ3n) is 8.86. The first-order valence-corrected chi connectivity index (χ1v) is 13.3. The molecule has 2 N–H and O–H groups in total. The second-order valence-corrected chi connectivity index (χ2v) is 11.9. The SMILES string of the molecule is CC1=C2O[C@]3(O)C=C2C(C(=O)C1=O)[C@@H]1O[C@H](CC[C@H](C)/C=C(\C)C[C@@H](C)C[C@@H]3C)[C@H](C)[C@H](O)[C@H]1C. The summed E-state index contributed by atoms with van der Waals surface area (Å²) < 4.78 is 12.7. The summed E-state index contributed by atoms with van der Waals surface area (Å²) in [6.07, 6.45) is 5.73. The first-order valence-electron chi connectivity index (χ1n) is 13.3. The normalized spacial score (nSPS) is 46.6. The molecule has 0 aromatic heterocycles. The molecule has 35 heavy (non-hydrogen) atoms. The average molecular weight is 487 g/mol. The van der Waals surface area contributed by atoms with Crippen LogP contribution in [0.2, 0.25) is 0 Å². The second kappa shape index (κ2) is 9.60. The van der Waals surface area contributed by atoms with Gasteiger partial charge in [0.15, 0.2) is 0 Å². The van der Waals surface area contributed by atoms with E-state index in [1.807, 2.05) is 20.8 Å². The molecular formula is C29H42O6. The smallest absolute Gasteiger partial charge is 0.231 e. The summed E-state index contributed by atoms with van der Waals surface area (Å²) in [5.74, 6) is -3.33. The van der Waals surface area contributed by atoms with Crippen molar-refractivity contribution in [2.75, 3.05) is 0 Å². The molecule has 0 spiro atoms. The standard InChI is InChI=1S/C29H42O6/c1-14-8-9-22-18(5)24(30)19(6)28(34-22)23-21-13-29(33,17(4)12-16(3)11-15(2)10-14)35-27(21)20(7)25(31)26(23)32/h10,13-14,16-19,22-24,28,30,33H,8-9,11-12H2,1-7H3/b15-10+/t14-,16+,17-,18-,19+,22+,23?,24-,28+,29+/m0/s1. The zero-order chi connectivity index (χ0) is 25.8. The van der Waals surface area contributed by atoms with Crippen molar-refractivity contribution in [2.45, 2.75) is 98.2 Å². The van der Waals surface area contributed by atoms with Crippen LogP contribution in [0.15, 0.2) is 34.6 Å². The van der Waals surface area contributed by atoms with Gasteiger partial charge in [0.25, 0.3) is 0 Å². The number of ether oxygens (including phenoxy) is 2. The highest BCUT2D eigenvalue weighted by Crippen LogP contribution is 2.48. The molecule has 0 saturated carbocycles. The Balaban J connectivity index is 1.81. The number of aliphatic hydroxyl groups is 2. The van der Waals surface area contributed by atoms with Gasteiger partial charge >= 0.3 is 0 Å². The first kappa shape index (κ1) is 26.3. The van der Waals surface area contributed by atoms with Crippen LogP contribution in [-0.2, 0) is 19.1 Å². The summed E-state index contributed by atoms with van der Waals surface area (Å²) in [7, 11) is 0. The van der Waals surface area contributed by atoms with Crippen molar-refractivity contribution in [1.29, 1.82) is 0 Å². The predicted molar refractivity (Wildman–Crippen MR) is 133 cm³/mol. The Morgan fingerprint density at radius 2 is 1.71 bits per heavy atom. The lowest BCUT2D eigenvalue weighted by atomic mass is 9.70. The van der Waals surface area contributed by atoms with E-state index in [0.717, 1.165) is 25.7 Å². The molecular weight excluding hydrogens is 444 g/mol. The van der Waals surface area contributed by atoms with Crippen molar-refractivity contribution in [3.8, 4) is 0 Å². The molecule has 3 heterocycles. The van der Waals surface area contributed by atoms with Gasteiger partial charge < -0.3 is 19.7 Å². The zero-order valence-corrected chi connectivity index (χ0v) is 22.2. The number of carbonyl (C=O) groups excluding carboxylic acids is 2. The third-order valence-corrected chi connectivity index (χ3v) is 8.86. The van der Waals surface area contributed by atoms with Crippen LogP contribution in [-0.4, -0.2) is 45.9 Å². The van der Waals surface area contributed by atoms with Crippen LogP contribution in [0.5, 0.6) is 0 Å². The summed E-state index contributed by atoms with van der Waals surface area (Å²) >= 11 is 0. The minimum Gasteiger partial charge on any atom is -0.458 e. The van der Waals surface area contributed by atoms with E-state index >= 15 is 0 Å². The fourth-order valence-electron chi connectivity index (χ4n) is 6.73. The number of carbonyl (C=O) groups is 2. The van der Waals surface area contributed by atoms with E-state index in [4.69, 9.17) is 9.47 Å². The van der Waals surface area contributed by atoms with Gasteiger partial charge in [0.2, 0.25) is 17.4 Å². The maximum atomic E-state index is 13.4. The van der Waals surface area contributed by atoms with E-state index in [0.29, 0.717) is 23.2 Å². The highest BCUT2D eigenvalue weighted by atomic mass is 16.6. The minimum absolute atomic E-state index is 0.0886. The molecule has 0 radical (unpaired) electrons. The molecule has 6 nitrogen and oxygen atoms in total. The van der Waals surface area contributed by atoms with Gasteiger partial charge in [0.1, 0.15) is 5.76 Å². The van der Waals surface area contributed by atoms with Crippen LogP contribution in [0.3, 0.4) is 0 Å². The van der Waals surface area contributed by atoms with Crippen LogP contribution in [0.4, 0.5) is 0 Å². The Hall–Kier alpha value is -1.76. The van der Waals surface area contributed by atoms with Gasteiger partial charge in [-0.3, -0.25) is 9.59 Å². The number of Topliss-reactive ketones (excluding diaryl/α,β-unsaturated/α-hetero) is 2. The molecule has 0 amide bonds. The number of fused-ring (bicyclic) bond motifs is 4. The highest BCUT2D eigenvalue weighted by Gasteiger charge is 2.55. The number of hydrogen-bond donors (Lipinski definition) is 2. The number of ketones is 2. The van der Waals surface area contributed by atoms with Crippen LogP contribution in [0.25, 0.3) is 0 Å². The molecule has 4 rings (SSSR count). The van der Waals surface area contributed by atoms with Gasteiger partial charge in [-0.25, -0.2) is 0 Å². The Bertz CT molecular complexity index is 976. The second-order valence-electron chi connectivity index (χ2n) is 11.9. The van der Waals surface area contributed by atoms with E-state index in [1.165, 1.54) is 5.57 Å². The Labute approximate surface area is 209 Å². The minimum atomic E-state index is -1.60. The van der Waals surface area contributed by atoms with Crippen LogP contribution in [0, 0.1) is 35.5 Å². The molecule has 10 atom stereocenters. The van der Waals surface area contributed by atoms with Crippen molar-refractivity contribution < 1.29 is 29.3 Å². The Morgan fingerprint density at radius 3 is 2.40 bits per heavy atom. The number of rotatable bonds is 0. The van der Waals surface area contributed by atoms with Gasteiger partial charge in [-0.1, -0.05) is 46.3 Å². The monoisotopic (exact) mass is 486 g/mol. The molecule has 0 aromatic rings. The van der Waals surface area contributed by atoms with Crippen LogP contribution < -0.4 is 0 Å². The fourth-order valence-corrected chi connectivity index (χ4v) is 6.73. The lowest BCUT2D eigenvalue weighted by Gasteiger charge is -2.46. The third kappa shape index (κ3) is 4.70. The quantitative estimate of drug-likeness (QED) is 0.387. The molecule has 1 fully saturated rings. The van der Waals surface area contributed by atoms with Gasteiger partial charge in [-0.2, -0.15) is 0 Å². The Kier molecular flexibility index (Phi) is 7.22. The molecule has 3 aliphatic heterocycles. The molecule has 1 saturated heterocycles. The van der Waals surface area contributed by atoms with Crippen LogP contribution in [0.1, 0.15) is 74.1 Å². The molecule has 6 heteroatoms. The van der Waals surface area contributed by atoms with Crippen molar-refractivity contribution in [2.24, 2.45) is 35.5 Å². The van der Waals surface area contributed by atoms with Gasteiger partial charge in [0, 0.05) is 28.9 Å². The van der Waals surface area contributed by atoms with Crippen molar-refractivity contribution in [3.05, 3.63) is 34.6 Å². The van der Waals surface area contributed by atoms with Crippen molar-refractivity contribution >= 4 is 11.6 Å². The summed E-state index contributed by atoms with van der Waals surface area (Å²) in [5.41, 5.74) is 2.09. The maximum Gasteiger partial charge on any atom is 0.231 e. The first-order chi connectivity index (χ1) is 16.3. The summed E-state index contributed by atoms with van der Waals surface area (Å²) in [6, 6.07) is 0. The molecule has 4 aliphatic rings. The van der Waals surface area contributed by atoms with E-state index < -0.39 is 35.5 Å². The number of aliphatic hydroxyl groups excluding tert-OH is 1. The molecule has 4 bridgehead atoms.